The van der Waals surface area contributed by atoms with Crippen molar-refractivity contribution in [3.63, 3.8) is 0 Å². The maximum atomic E-state index is 12.3. The van der Waals surface area contributed by atoms with Crippen molar-refractivity contribution in [1.29, 1.82) is 0 Å². The fourth-order valence-corrected chi connectivity index (χ4v) is 1.51. The average molecular weight is 211 g/mol. The maximum Gasteiger partial charge on any atom is 0.332 e. The van der Waals surface area contributed by atoms with Gasteiger partial charge < -0.3 is 5.11 Å². The first kappa shape index (κ1) is 9.28. The van der Waals surface area contributed by atoms with E-state index < -0.39 is 20.9 Å². The zero-order valence-electron chi connectivity index (χ0n) is 5.66. The minimum absolute atomic E-state index is 0.0359. The van der Waals surface area contributed by atoms with Crippen molar-refractivity contribution in [1.82, 2.24) is 0 Å². The highest BCUT2D eigenvalue weighted by molar-refractivity contribution is 7.86. The summed E-state index contributed by atoms with van der Waals surface area (Å²) in [4.78, 5) is -0.646. The molecule has 0 aromatic heterocycles. The molecule has 0 bridgehead atoms. The molecule has 0 saturated carbocycles. The van der Waals surface area contributed by atoms with Gasteiger partial charge in [0, 0.05) is 11.1 Å². The van der Waals surface area contributed by atoms with Crippen LogP contribution in [0.5, 0.6) is 5.75 Å². The third kappa shape index (κ3) is 2.09. The molecule has 0 spiro atoms. The van der Waals surface area contributed by atoms with Gasteiger partial charge in [-0.2, -0.15) is 8.42 Å². The molecule has 1 N–H and O–H groups in total. The second-order valence-corrected chi connectivity index (χ2v) is 3.87. The summed E-state index contributed by atoms with van der Waals surface area (Å²) in [6.45, 7) is 0. The first-order chi connectivity index (χ1) is 5.39. The molecule has 0 aliphatic rings. The van der Waals surface area contributed by atoms with Crippen LogP contribution in [0.4, 0.5) is 3.89 Å². The zero-order chi connectivity index (χ0) is 9.35. The first-order valence-corrected chi connectivity index (χ1v) is 4.60. The Kier molecular flexibility index (Phi) is 2.25. The van der Waals surface area contributed by atoms with Crippen LogP contribution in [0.15, 0.2) is 23.1 Å². The van der Waals surface area contributed by atoms with Crippen LogP contribution in [0.3, 0.4) is 0 Å². The van der Waals surface area contributed by atoms with Gasteiger partial charge in [-0.3, -0.25) is 0 Å². The quantitative estimate of drug-likeness (QED) is 0.718. The molecular weight excluding hydrogens is 207 g/mol. The van der Waals surface area contributed by atoms with E-state index in [2.05, 4.69) is 0 Å². The second-order valence-electron chi connectivity index (χ2n) is 2.08. The van der Waals surface area contributed by atoms with Gasteiger partial charge in [-0.05, 0) is 12.1 Å². The van der Waals surface area contributed by atoms with E-state index in [-0.39, 0.29) is 5.02 Å². The highest BCUT2D eigenvalue weighted by atomic mass is 35.5. The number of benzene rings is 1. The van der Waals surface area contributed by atoms with E-state index >= 15 is 0 Å². The molecule has 0 saturated heterocycles. The summed E-state index contributed by atoms with van der Waals surface area (Å²) < 4.78 is 32.9. The fraction of sp³-hybridized carbons (Fsp3) is 0. The van der Waals surface area contributed by atoms with Gasteiger partial charge in [0.15, 0.2) is 0 Å². The highest BCUT2D eigenvalue weighted by Crippen LogP contribution is 2.23. The minimum atomic E-state index is -4.79. The molecule has 12 heavy (non-hydrogen) atoms. The van der Waals surface area contributed by atoms with Crippen molar-refractivity contribution in [3.8, 4) is 5.75 Å². The molecule has 0 atom stereocenters. The molecule has 66 valence electrons. The van der Waals surface area contributed by atoms with Gasteiger partial charge in [0.1, 0.15) is 10.6 Å². The summed E-state index contributed by atoms with van der Waals surface area (Å²) in [6.07, 6.45) is 0. The molecule has 0 aliphatic heterocycles. The molecule has 1 aromatic carbocycles. The largest absolute Gasteiger partial charge is 0.508 e. The lowest BCUT2D eigenvalue weighted by Crippen LogP contribution is -1.90. The number of hydrogen-bond acceptors (Lipinski definition) is 3. The Morgan fingerprint density at radius 1 is 1.33 bits per heavy atom. The van der Waals surface area contributed by atoms with Crippen LogP contribution in [0.1, 0.15) is 0 Å². The lowest BCUT2D eigenvalue weighted by atomic mass is 10.3. The van der Waals surface area contributed by atoms with Gasteiger partial charge in [0.25, 0.3) is 0 Å². The van der Waals surface area contributed by atoms with Crippen LogP contribution >= 0.6 is 11.6 Å². The van der Waals surface area contributed by atoms with Crippen molar-refractivity contribution < 1.29 is 17.4 Å². The van der Waals surface area contributed by atoms with E-state index in [9.17, 15) is 12.3 Å². The van der Waals surface area contributed by atoms with Crippen LogP contribution in [0, 0.1) is 0 Å². The average Bonchev–Trinajstić information content (AvgIpc) is 1.82. The van der Waals surface area contributed by atoms with Crippen LogP contribution in [0.25, 0.3) is 0 Å². The highest BCUT2D eigenvalue weighted by Gasteiger charge is 2.13. The van der Waals surface area contributed by atoms with Gasteiger partial charge in [-0.15, -0.1) is 3.89 Å². The molecule has 1 aromatic rings. The Morgan fingerprint density at radius 2 is 1.92 bits per heavy atom. The van der Waals surface area contributed by atoms with Crippen LogP contribution in [0.2, 0.25) is 5.02 Å². The van der Waals surface area contributed by atoms with E-state index in [0.717, 1.165) is 18.2 Å². The van der Waals surface area contributed by atoms with Gasteiger partial charge in [-0.1, -0.05) is 11.6 Å². The van der Waals surface area contributed by atoms with E-state index in [4.69, 9.17) is 16.7 Å². The topological polar surface area (TPSA) is 54.4 Å². The first-order valence-electron chi connectivity index (χ1n) is 2.84. The Labute approximate surface area is 73.6 Å². The van der Waals surface area contributed by atoms with Gasteiger partial charge in [0.2, 0.25) is 0 Å². The smallest absolute Gasteiger partial charge is 0.332 e. The predicted octanol–water partition coefficient (Wildman–Crippen LogP) is 1.70. The number of aromatic hydroxyl groups is 1. The summed E-state index contributed by atoms with van der Waals surface area (Å²) in [6, 6.07) is 2.80. The summed E-state index contributed by atoms with van der Waals surface area (Å²) in [5, 5.41) is 8.81. The van der Waals surface area contributed by atoms with Crippen molar-refractivity contribution in [2.45, 2.75) is 4.90 Å². The molecule has 0 aliphatic carbocycles. The number of rotatable bonds is 1. The Hall–Kier alpha value is -0.810. The molecule has 0 radical (unpaired) electrons. The molecule has 3 nitrogen and oxygen atoms in total. The van der Waals surface area contributed by atoms with Gasteiger partial charge in [0.05, 0.1) is 0 Å². The third-order valence-electron chi connectivity index (χ3n) is 1.14. The molecule has 0 fully saturated rings. The summed E-state index contributed by atoms with van der Waals surface area (Å²) >= 11 is 5.37. The lowest BCUT2D eigenvalue weighted by Gasteiger charge is -1.96. The Bertz CT molecular complexity index is 381. The molecule has 0 amide bonds. The van der Waals surface area contributed by atoms with E-state index in [0.29, 0.717) is 0 Å². The monoisotopic (exact) mass is 210 g/mol. The molecule has 6 heteroatoms. The molecular formula is C6H4ClFO3S. The summed E-state index contributed by atoms with van der Waals surface area (Å²) in [5.41, 5.74) is 0. The van der Waals surface area contributed by atoms with E-state index in [1.807, 2.05) is 0 Å². The van der Waals surface area contributed by atoms with Crippen molar-refractivity contribution in [3.05, 3.63) is 23.2 Å². The van der Waals surface area contributed by atoms with Crippen LogP contribution < -0.4 is 0 Å². The molecule has 0 unspecified atom stereocenters. The Morgan fingerprint density at radius 3 is 2.33 bits per heavy atom. The molecule has 0 heterocycles. The Balaban J connectivity index is 3.37. The lowest BCUT2D eigenvalue weighted by molar-refractivity contribution is 0.472. The van der Waals surface area contributed by atoms with E-state index in [1.54, 1.807) is 0 Å². The zero-order valence-corrected chi connectivity index (χ0v) is 7.23. The second kappa shape index (κ2) is 2.91. The number of hydrogen-bond donors (Lipinski definition) is 1. The van der Waals surface area contributed by atoms with Crippen LogP contribution in [-0.2, 0) is 10.2 Å². The van der Waals surface area contributed by atoms with E-state index in [1.165, 1.54) is 0 Å². The standard InChI is InChI=1S/C6H4ClFO3S/c7-4-1-5(9)3-6(2-4)12(8,10)11/h1-3,9H. The molecule has 1 rings (SSSR count). The van der Waals surface area contributed by atoms with Crippen molar-refractivity contribution >= 4 is 21.8 Å². The summed E-state index contributed by atoms with van der Waals surface area (Å²) in [5.74, 6) is -0.390. The van der Waals surface area contributed by atoms with Gasteiger partial charge >= 0.3 is 10.2 Å². The van der Waals surface area contributed by atoms with Crippen molar-refractivity contribution in [2.24, 2.45) is 0 Å². The van der Waals surface area contributed by atoms with Crippen molar-refractivity contribution in [2.75, 3.05) is 0 Å². The number of phenolic OH excluding ortho intramolecular Hbond substituents is 1. The van der Waals surface area contributed by atoms with Crippen LogP contribution in [-0.4, -0.2) is 13.5 Å². The predicted molar refractivity (Wildman–Crippen MR) is 41.4 cm³/mol. The normalized spacial score (nSPS) is 11.5. The SMILES string of the molecule is O=S(=O)(F)c1cc(O)cc(Cl)c1. The minimum Gasteiger partial charge on any atom is -0.508 e. The maximum absolute atomic E-state index is 12.3. The number of halogens is 2. The van der Waals surface area contributed by atoms with Gasteiger partial charge in [-0.25, -0.2) is 0 Å². The summed E-state index contributed by atoms with van der Waals surface area (Å²) in [7, 11) is -4.79. The fourth-order valence-electron chi connectivity index (χ4n) is 0.689. The number of phenols is 1. The third-order valence-corrected chi connectivity index (χ3v) is 2.15.